The Bertz CT molecular complexity index is 1030. The smallest absolute Gasteiger partial charge is 0.219 e. The van der Waals surface area contributed by atoms with Gasteiger partial charge in [0.05, 0.1) is 17.8 Å². The average Bonchev–Trinajstić information content (AvgIpc) is 3.25. The minimum absolute atomic E-state index is 0.0761. The van der Waals surface area contributed by atoms with E-state index in [9.17, 15) is 10.1 Å². The molecule has 1 unspecified atom stereocenters. The number of hydrazine groups is 1. The monoisotopic (exact) mass is 391 g/mol. The summed E-state index contributed by atoms with van der Waals surface area (Å²) < 4.78 is 1.75. The summed E-state index contributed by atoms with van der Waals surface area (Å²) in [4.78, 5) is 13.8. The van der Waals surface area contributed by atoms with Crippen molar-refractivity contribution >= 4 is 11.6 Å². The summed E-state index contributed by atoms with van der Waals surface area (Å²) in [5, 5.41) is 21.6. The number of hydrogen-bond acceptors (Lipinski definition) is 6. The van der Waals surface area contributed by atoms with E-state index in [0.717, 1.165) is 29.8 Å². The number of nitrogens with zero attached hydrogens (tertiary/aromatic N) is 6. The predicted molar refractivity (Wildman–Crippen MR) is 110 cm³/mol. The number of nitriles is 1. The van der Waals surface area contributed by atoms with Crippen molar-refractivity contribution < 1.29 is 4.79 Å². The van der Waals surface area contributed by atoms with E-state index in [1.165, 1.54) is 11.3 Å². The minimum atomic E-state index is -0.0761. The molecular weight excluding hydrogens is 366 g/mol. The molecule has 8 nitrogen and oxygen atoms in total. The fraction of sp³-hybridized carbons (Fsp3) is 0.381. The number of nitrogens with one attached hydrogen (secondary N) is 1. The van der Waals surface area contributed by atoms with Gasteiger partial charge in [0.1, 0.15) is 6.17 Å². The van der Waals surface area contributed by atoms with Crippen LogP contribution in [0.3, 0.4) is 0 Å². The third-order valence-electron chi connectivity index (χ3n) is 5.77. The van der Waals surface area contributed by atoms with Crippen molar-refractivity contribution in [3.05, 3.63) is 47.4 Å². The van der Waals surface area contributed by atoms with Gasteiger partial charge in [0.25, 0.3) is 0 Å². The number of likely N-dealkylation sites (N-methyl/N-ethyl adjacent to an activating group) is 1. The molecule has 2 aliphatic heterocycles. The fourth-order valence-electron chi connectivity index (χ4n) is 4.10. The summed E-state index contributed by atoms with van der Waals surface area (Å²) in [5.74, 6) is 0.0952. The average molecular weight is 391 g/mol. The first kappa shape index (κ1) is 19.0. The molecule has 1 atom stereocenters. The number of amides is 1. The Hall–Kier alpha value is -3.31. The van der Waals surface area contributed by atoms with E-state index in [2.05, 4.69) is 26.5 Å². The number of carbonyl (C=O) groups excluding carboxylic acids is 1. The lowest BCUT2D eigenvalue weighted by molar-refractivity contribution is -0.128. The van der Waals surface area contributed by atoms with Gasteiger partial charge >= 0.3 is 0 Å². The SMILES string of the molecule is CC(=O)N1CCC2=C(C1)C(Nc1cc(C#N)cc(-c3cnn(C)c3)c1)N(C)N2C. The number of anilines is 1. The summed E-state index contributed by atoms with van der Waals surface area (Å²) in [7, 11) is 5.95. The van der Waals surface area contributed by atoms with Crippen LogP contribution in [0.5, 0.6) is 0 Å². The number of aryl methyl sites for hydroxylation is 1. The molecule has 2 aliphatic rings. The number of aromatic nitrogens is 2. The van der Waals surface area contributed by atoms with Crippen LogP contribution in [0.15, 0.2) is 41.9 Å². The highest BCUT2D eigenvalue weighted by Crippen LogP contribution is 2.34. The quantitative estimate of drug-likeness (QED) is 0.862. The van der Waals surface area contributed by atoms with Crippen LogP contribution in [0.4, 0.5) is 5.69 Å². The van der Waals surface area contributed by atoms with Crippen LogP contribution in [-0.4, -0.2) is 64.0 Å². The Morgan fingerprint density at radius 2 is 2.03 bits per heavy atom. The van der Waals surface area contributed by atoms with Gasteiger partial charge < -0.3 is 15.2 Å². The topological polar surface area (TPSA) is 80.4 Å². The number of hydrogen-bond donors (Lipinski definition) is 1. The molecule has 0 saturated carbocycles. The van der Waals surface area contributed by atoms with Crippen molar-refractivity contribution in [1.29, 1.82) is 5.26 Å². The van der Waals surface area contributed by atoms with Crippen LogP contribution in [0.25, 0.3) is 11.1 Å². The molecule has 0 fully saturated rings. The molecule has 1 N–H and O–H groups in total. The summed E-state index contributed by atoms with van der Waals surface area (Å²) in [6, 6.07) is 8.02. The highest BCUT2D eigenvalue weighted by atomic mass is 16.2. The van der Waals surface area contributed by atoms with E-state index >= 15 is 0 Å². The molecule has 8 heteroatoms. The van der Waals surface area contributed by atoms with Gasteiger partial charge in [-0.05, 0) is 23.8 Å². The lowest BCUT2D eigenvalue weighted by Gasteiger charge is -2.30. The van der Waals surface area contributed by atoms with Crippen molar-refractivity contribution in [3.8, 4) is 17.2 Å². The van der Waals surface area contributed by atoms with Crippen molar-refractivity contribution in [2.24, 2.45) is 7.05 Å². The Morgan fingerprint density at radius 1 is 1.24 bits per heavy atom. The second-order valence-electron chi connectivity index (χ2n) is 7.62. The second-order valence-corrected chi connectivity index (χ2v) is 7.62. The number of benzene rings is 1. The Labute approximate surface area is 170 Å². The standard InChI is InChI=1S/C21H25N7O/c1-14(29)28-6-5-20-19(13-28)21(27(4)26(20)3)24-18-8-15(10-22)7-16(9-18)17-11-23-25(2)12-17/h7-9,11-12,21,24H,5-6,13H2,1-4H3. The van der Waals surface area contributed by atoms with Gasteiger partial charge in [-0.25, -0.2) is 0 Å². The molecule has 4 rings (SSSR count). The van der Waals surface area contributed by atoms with Crippen molar-refractivity contribution in [2.45, 2.75) is 19.5 Å². The van der Waals surface area contributed by atoms with Crippen molar-refractivity contribution in [3.63, 3.8) is 0 Å². The molecule has 0 aliphatic carbocycles. The van der Waals surface area contributed by atoms with Crippen LogP contribution < -0.4 is 5.32 Å². The third kappa shape index (κ3) is 3.45. The van der Waals surface area contributed by atoms with Crippen molar-refractivity contribution in [1.82, 2.24) is 24.7 Å². The zero-order valence-corrected chi connectivity index (χ0v) is 17.2. The molecule has 150 valence electrons. The van der Waals surface area contributed by atoms with E-state index in [1.807, 2.05) is 50.4 Å². The summed E-state index contributed by atoms with van der Waals surface area (Å²) in [6.07, 6.45) is 4.49. The molecule has 1 aromatic heterocycles. The molecular formula is C21H25N7O. The van der Waals surface area contributed by atoms with Crippen LogP contribution in [-0.2, 0) is 11.8 Å². The van der Waals surface area contributed by atoms with Gasteiger partial charge in [-0.2, -0.15) is 15.4 Å². The predicted octanol–water partition coefficient (Wildman–Crippen LogP) is 2.00. The normalized spacial score (nSPS) is 19.3. The zero-order chi connectivity index (χ0) is 20.7. The van der Waals surface area contributed by atoms with E-state index in [0.29, 0.717) is 12.1 Å². The summed E-state index contributed by atoms with van der Waals surface area (Å²) in [5.41, 5.74) is 5.81. The number of carbonyl (C=O) groups is 1. The van der Waals surface area contributed by atoms with Crippen LogP contribution >= 0.6 is 0 Å². The Morgan fingerprint density at radius 3 is 2.69 bits per heavy atom. The lowest BCUT2D eigenvalue weighted by Crippen LogP contribution is -2.43. The first-order chi connectivity index (χ1) is 13.9. The molecule has 0 radical (unpaired) electrons. The molecule has 0 bridgehead atoms. The zero-order valence-electron chi connectivity index (χ0n) is 17.2. The fourth-order valence-corrected chi connectivity index (χ4v) is 4.10. The highest BCUT2D eigenvalue weighted by Gasteiger charge is 2.38. The van der Waals surface area contributed by atoms with Gasteiger partial charge in [0.2, 0.25) is 5.91 Å². The van der Waals surface area contributed by atoms with Gasteiger partial charge in [-0.1, -0.05) is 0 Å². The van der Waals surface area contributed by atoms with E-state index in [-0.39, 0.29) is 12.1 Å². The van der Waals surface area contributed by atoms with E-state index < -0.39 is 0 Å². The van der Waals surface area contributed by atoms with Gasteiger partial charge in [0.15, 0.2) is 0 Å². The third-order valence-corrected chi connectivity index (χ3v) is 5.77. The molecule has 3 heterocycles. The molecule has 29 heavy (non-hydrogen) atoms. The molecule has 0 saturated heterocycles. The second kappa shape index (κ2) is 7.26. The maximum atomic E-state index is 11.9. The van der Waals surface area contributed by atoms with Gasteiger partial charge in [-0.15, -0.1) is 0 Å². The first-order valence-corrected chi connectivity index (χ1v) is 9.62. The Kier molecular flexibility index (Phi) is 4.76. The van der Waals surface area contributed by atoms with Crippen LogP contribution in [0.1, 0.15) is 18.9 Å². The summed E-state index contributed by atoms with van der Waals surface area (Å²) in [6.45, 7) is 2.98. The van der Waals surface area contributed by atoms with Crippen molar-refractivity contribution in [2.75, 3.05) is 32.5 Å². The van der Waals surface area contributed by atoms with Gasteiger partial charge in [-0.3, -0.25) is 9.48 Å². The van der Waals surface area contributed by atoms with Crippen LogP contribution in [0.2, 0.25) is 0 Å². The molecule has 2 aromatic rings. The minimum Gasteiger partial charge on any atom is -0.365 e. The maximum Gasteiger partial charge on any atom is 0.219 e. The lowest BCUT2D eigenvalue weighted by atomic mass is 10.0. The number of rotatable bonds is 3. The van der Waals surface area contributed by atoms with Gasteiger partial charge in [0, 0.05) is 76.3 Å². The molecule has 0 spiro atoms. The first-order valence-electron chi connectivity index (χ1n) is 9.62. The van der Waals surface area contributed by atoms with E-state index in [4.69, 9.17) is 0 Å². The Balaban J connectivity index is 1.67. The van der Waals surface area contributed by atoms with E-state index in [1.54, 1.807) is 17.8 Å². The molecule has 1 aromatic carbocycles. The maximum absolute atomic E-state index is 11.9. The molecule has 1 amide bonds. The van der Waals surface area contributed by atoms with Crippen LogP contribution in [0, 0.1) is 11.3 Å². The summed E-state index contributed by atoms with van der Waals surface area (Å²) >= 11 is 0. The largest absolute Gasteiger partial charge is 0.365 e. The highest BCUT2D eigenvalue weighted by molar-refractivity contribution is 5.74.